The predicted molar refractivity (Wildman–Crippen MR) is 62.6 cm³/mol. The van der Waals surface area contributed by atoms with Crippen molar-refractivity contribution < 1.29 is 14.4 Å². The summed E-state index contributed by atoms with van der Waals surface area (Å²) in [5, 5.41) is 0. The first-order valence-electron chi connectivity index (χ1n) is 4.74. The van der Waals surface area contributed by atoms with Gasteiger partial charge in [0.05, 0.1) is 11.4 Å². The summed E-state index contributed by atoms with van der Waals surface area (Å²) in [6.07, 6.45) is 9.89. The molecule has 0 amide bonds. The number of allylic oxidation sites excluding steroid dienone is 2. The molecule has 0 radical (unpaired) electrons. The summed E-state index contributed by atoms with van der Waals surface area (Å²) in [6.45, 7) is 3.69. The van der Waals surface area contributed by atoms with Crippen LogP contribution in [0.2, 0.25) is 0 Å². The van der Waals surface area contributed by atoms with E-state index in [0.717, 1.165) is 0 Å². The summed E-state index contributed by atoms with van der Waals surface area (Å²) in [5.41, 5.74) is 0.849. The first-order valence-corrected chi connectivity index (χ1v) is 4.74. The Labute approximate surface area is 102 Å². The smallest absolute Gasteiger partial charge is 0.211 e. The fourth-order valence-corrected chi connectivity index (χ4v) is 1.25. The normalized spacial score (nSPS) is 18.0. The van der Waals surface area contributed by atoms with Crippen LogP contribution in [0, 0.1) is 0 Å². The molecule has 6 heteroatoms. The fourth-order valence-electron chi connectivity index (χ4n) is 1.25. The van der Waals surface area contributed by atoms with Crippen molar-refractivity contribution in [3.63, 3.8) is 0 Å². The Bertz CT molecular complexity index is 594. The van der Waals surface area contributed by atoms with E-state index in [1.165, 1.54) is 42.5 Å². The molecule has 0 saturated carbocycles. The van der Waals surface area contributed by atoms with Gasteiger partial charge in [-0.1, -0.05) is 12.7 Å². The number of carbonyl (C=O) groups excluding carboxylic acids is 3. The third-order valence-corrected chi connectivity index (χ3v) is 2.00. The molecule has 1 atom stereocenters. The van der Waals surface area contributed by atoms with Gasteiger partial charge in [0.2, 0.25) is 18.2 Å². The Hall–Kier alpha value is -2.90. The number of isocyanates is 3. The zero-order valence-electron chi connectivity index (χ0n) is 9.16. The summed E-state index contributed by atoms with van der Waals surface area (Å²) >= 11 is 0. The van der Waals surface area contributed by atoms with Crippen molar-refractivity contribution in [2.75, 3.05) is 0 Å². The van der Waals surface area contributed by atoms with E-state index in [1.54, 1.807) is 0 Å². The second kappa shape index (κ2) is 6.63. The molecule has 0 aromatic rings. The maximum atomic E-state index is 10.3. The van der Waals surface area contributed by atoms with E-state index in [-0.39, 0.29) is 11.4 Å². The van der Waals surface area contributed by atoms with Crippen LogP contribution in [0.1, 0.15) is 0 Å². The van der Waals surface area contributed by atoms with Crippen LogP contribution < -0.4 is 0 Å². The van der Waals surface area contributed by atoms with Gasteiger partial charge in [-0.05, 0) is 23.8 Å². The zero-order valence-corrected chi connectivity index (χ0v) is 9.16. The first kappa shape index (κ1) is 13.2. The van der Waals surface area contributed by atoms with Gasteiger partial charge in [0.25, 0.3) is 0 Å². The van der Waals surface area contributed by atoms with Gasteiger partial charge < -0.3 is 0 Å². The highest BCUT2D eigenvalue weighted by Gasteiger charge is 2.09. The highest BCUT2D eigenvalue weighted by molar-refractivity contribution is 5.49. The molecule has 1 rings (SSSR count). The largest absolute Gasteiger partial charge is 0.240 e. The van der Waals surface area contributed by atoms with Gasteiger partial charge in [0, 0.05) is 0 Å². The number of hydrogen-bond acceptors (Lipinski definition) is 6. The van der Waals surface area contributed by atoms with Crippen LogP contribution in [0.3, 0.4) is 0 Å². The van der Waals surface area contributed by atoms with E-state index < -0.39 is 6.04 Å². The lowest BCUT2D eigenvalue weighted by Crippen LogP contribution is -2.03. The summed E-state index contributed by atoms with van der Waals surface area (Å²) in [4.78, 5) is 41.0. The van der Waals surface area contributed by atoms with E-state index >= 15 is 0 Å². The van der Waals surface area contributed by atoms with Gasteiger partial charge in [-0.25, -0.2) is 14.4 Å². The van der Waals surface area contributed by atoms with E-state index in [0.29, 0.717) is 5.57 Å². The molecule has 1 aliphatic rings. The second-order valence-corrected chi connectivity index (χ2v) is 3.14. The van der Waals surface area contributed by atoms with Gasteiger partial charge in [0.15, 0.2) is 0 Å². The van der Waals surface area contributed by atoms with Crippen LogP contribution in [-0.4, -0.2) is 24.3 Å². The Morgan fingerprint density at radius 3 is 2.28 bits per heavy atom. The molecular weight excluding hydrogens is 234 g/mol. The first-order chi connectivity index (χ1) is 8.71. The number of rotatable bonds is 3. The van der Waals surface area contributed by atoms with Crippen molar-refractivity contribution in [2.24, 2.45) is 15.0 Å². The monoisotopic (exact) mass is 241 g/mol. The molecule has 0 aliphatic heterocycles. The van der Waals surface area contributed by atoms with Crippen LogP contribution in [0.25, 0.3) is 0 Å². The minimum Gasteiger partial charge on any atom is -0.211 e. The van der Waals surface area contributed by atoms with Crippen LogP contribution in [0.15, 0.2) is 62.8 Å². The molecule has 1 unspecified atom stereocenters. The highest BCUT2D eigenvalue weighted by Crippen LogP contribution is 2.18. The molecular formula is C12H7N3O3. The molecule has 6 nitrogen and oxygen atoms in total. The van der Waals surface area contributed by atoms with Gasteiger partial charge in [0.1, 0.15) is 6.04 Å². The molecule has 18 heavy (non-hydrogen) atoms. The van der Waals surface area contributed by atoms with Crippen LogP contribution >= 0.6 is 0 Å². The van der Waals surface area contributed by atoms with Crippen molar-refractivity contribution in [2.45, 2.75) is 6.04 Å². The number of nitrogens with zero attached hydrogens (tertiary/aromatic N) is 3. The summed E-state index contributed by atoms with van der Waals surface area (Å²) in [6, 6.07) is -0.648. The average Bonchev–Trinajstić information content (AvgIpc) is 2.33. The molecule has 0 spiro atoms. The lowest BCUT2D eigenvalue weighted by molar-refractivity contribution is 0.561. The van der Waals surface area contributed by atoms with Crippen molar-refractivity contribution in [3.8, 4) is 0 Å². The second-order valence-electron chi connectivity index (χ2n) is 3.14. The predicted octanol–water partition coefficient (Wildman–Crippen LogP) is 1.26. The summed E-state index contributed by atoms with van der Waals surface area (Å²) in [7, 11) is 0. The molecule has 0 saturated heterocycles. The Kier molecular flexibility index (Phi) is 4.85. The lowest BCUT2D eigenvalue weighted by Gasteiger charge is -2.08. The van der Waals surface area contributed by atoms with Gasteiger partial charge in [-0.15, -0.1) is 0 Å². The molecule has 0 aromatic carbocycles. The lowest BCUT2D eigenvalue weighted by atomic mass is 10.0. The maximum Gasteiger partial charge on any atom is 0.240 e. The molecule has 0 heterocycles. The molecule has 0 aromatic heterocycles. The average molecular weight is 241 g/mol. The molecule has 0 fully saturated rings. The van der Waals surface area contributed by atoms with Gasteiger partial charge in [-0.2, -0.15) is 15.0 Å². The Morgan fingerprint density at radius 1 is 1.00 bits per heavy atom. The van der Waals surface area contributed by atoms with E-state index in [4.69, 9.17) is 0 Å². The minimum absolute atomic E-state index is 0.194. The highest BCUT2D eigenvalue weighted by atomic mass is 16.1. The quantitative estimate of drug-likeness (QED) is 0.550. The van der Waals surface area contributed by atoms with E-state index in [9.17, 15) is 14.4 Å². The van der Waals surface area contributed by atoms with Crippen molar-refractivity contribution >= 4 is 18.2 Å². The zero-order chi connectivity index (χ0) is 13.4. The maximum absolute atomic E-state index is 10.3. The third-order valence-electron chi connectivity index (χ3n) is 2.00. The van der Waals surface area contributed by atoms with Gasteiger partial charge in [-0.3, -0.25) is 0 Å². The summed E-state index contributed by atoms with van der Waals surface area (Å²) in [5.74, 6) is 0. The third kappa shape index (κ3) is 3.59. The Morgan fingerprint density at radius 2 is 1.67 bits per heavy atom. The molecule has 0 N–H and O–H groups in total. The Balaban J connectivity index is 3.35. The topological polar surface area (TPSA) is 88.3 Å². The van der Waals surface area contributed by atoms with E-state index in [1.807, 2.05) is 0 Å². The molecule has 0 bridgehead atoms. The van der Waals surface area contributed by atoms with Crippen molar-refractivity contribution in [1.29, 1.82) is 0 Å². The molecule has 88 valence electrons. The SMILES string of the molecule is C=C1C=C(N=C=O)C=C(N=C=O)C=CC1N=C=O. The van der Waals surface area contributed by atoms with Crippen LogP contribution in [0.5, 0.6) is 0 Å². The molecule has 1 aliphatic carbocycles. The van der Waals surface area contributed by atoms with E-state index in [2.05, 4.69) is 21.6 Å². The van der Waals surface area contributed by atoms with Crippen molar-refractivity contribution in [1.82, 2.24) is 0 Å². The standard InChI is InChI=1S/C12H7N3O3/c1-9-4-11(14-7-17)5-10(13-6-16)2-3-12(9)15-8-18/h2-5,12H,1H2. The fraction of sp³-hybridized carbons (Fsp3) is 0.0833. The minimum atomic E-state index is -0.648. The summed E-state index contributed by atoms with van der Waals surface area (Å²) < 4.78 is 0. The number of aliphatic imine (C=N–C) groups is 3. The van der Waals surface area contributed by atoms with Crippen molar-refractivity contribution in [3.05, 3.63) is 47.9 Å². The van der Waals surface area contributed by atoms with Gasteiger partial charge >= 0.3 is 0 Å². The number of hydrogen-bond donors (Lipinski definition) is 0. The van der Waals surface area contributed by atoms with Crippen LogP contribution in [-0.2, 0) is 14.4 Å². The van der Waals surface area contributed by atoms with Crippen LogP contribution in [0.4, 0.5) is 0 Å².